The van der Waals surface area contributed by atoms with E-state index in [-0.39, 0.29) is 0 Å². The van der Waals surface area contributed by atoms with E-state index in [1.807, 2.05) is 0 Å². The molecular weight excluding hydrogens is 134 g/mol. The normalized spacial score (nSPS) is 38.3. The summed E-state index contributed by atoms with van der Waals surface area (Å²) in [6.45, 7) is -7.10. The first kappa shape index (κ1) is 1.47. The molecule has 0 heterocycles. The molecule has 0 amide bonds. The van der Waals surface area contributed by atoms with Gasteiger partial charge >= 0.3 is 0 Å². The minimum atomic E-state index is -3.68. The topological polar surface area (TPSA) is 12.0 Å². The summed E-state index contributed by atoms with van der Waals surface area (Å²) in [5.74, 6) is 0. The van der Waals surface area contributed by atoms with Crippen LogP contribution in [0.1, 0.15) is 30.2 Å². The highest BCUT2D eigenvalue weighted by Crippen LogP contribution is 2.01. The van der Waals surface area contributed by atoms with Crippen LogP contribution in [-0.2, 0) is 6.37 Å². The number of benzene rings is 1. The first-order chi connectivity index (χ1) is 10.9. The van der Waals surface area contributed by atoms with Crippen molar-refractivity contribution in [2.75, 3.05) is 6.98 Å². The van der Waals surface area contributed by atoms with Crippen LogP contribution in [0.15, 0.2) is 30.2 Å². The lowest BCUT2D eigenvalue weighted by molar-refractivity contribution is 0.608. The number of rotatable bonds is 3. The zero-order chi connectivity index (χ0) is 20.2. The van der Waals surface area contributed by atoms with Crippen LogP contribution in [0.3, 0.4) is 0 Å². The molecule has 1 aromatic carbocycles. The van der Waals surface area contributed by atoms with Gasteiger partial charge in [0.15, 0.2) is 0 Å². The molecule has 0 aliphatic rings. The maximum absolute atomic E-state index is 8.05. The first-order valence-electron chi connectivity index (χ1n) is 9.72. The molecule has 0 aliphatic heterocycles. The van der Waals surface area contributed by atoms with E-state index in [4.69, 9.17) is 19.2 Å². The Morgan fingerprint density at radius 3 is 3.73 bits per heavy atom. The quantitative estimate of drug-likeness (QED) is 0.717. The van der Waals surface area contributed by atoms with Crippen molar-refractivity contribution in [2.24, 2.45) is 0 Å². The van der Waals surface area contributed by atoms with Crippen molar-refractivity contribution in [1.29, 1.82) is 0 Å². The Kier molecular flexibility index (Phi) is 0.552. The van der Waals surface area contributed by atoms with Crippen LogP contribution in [-0.4, -0.2) is 13.0 Å². The Labute approximate surface area is 88.2 Å². The molecule has 0 fully saturated rings. The van der Waals surface area contributed by atoms with Crippen molar-refractivity contribution in [3.8, 4) is 0 Å². The summed E-state index contributed by atoms with van der Waals surface area (Å²) in [6.07, 6.45) is -3.45. The molecule has 0 saturated heterocycles. The van der Waals surface area contributed by atoms with Gasteiger partial charge in [0.1, 0.15) is 1.41 Å². The molecule has 0 aliphatic carbocycles. The molecule has 1 N–H and O–H groups in total. The molecular formula is C10H15N. The maximum atomic E-state index is 8.05. The summed E-state index contributed by atoms with van der Waals surface area (Å²) >= 11 is 0. The zero-order valence-corrected chi connectivity index (χ0v) is 5.52. The van der Waals surface area contributed by atoms with Crippen LogP contribution in [0.25, 0.3) is 0 Å². The van der Waals surface area contributed by atoms with Crippen LogP contribution in [0, 0.1) is 0 Å². The molecule has 0 radical (unpaired) electrons. The summed E-state index contributed by atoms with van der Waals surface area (Å²) < 4.78 is 106. The second-order valence-corrected chi connectivity index (χ2v) is 1.66. The fourth-order valence-electron chi connectivity index (χ4n) is 0.502. The molecule has 1 aromatic rings. The summed E-state index contributed by atoms with van der Waals surface area (Å²) in [5, 5.41) is -0.672. The van der Waals surface area contributed by atoms with Crippen LogP contribution in [0.4, 0.5) is 0 Å². The highest BCUT2D eigenvalue weighted by atomic mass is 14.8. The van der Waals surface area contributed by atoms with Crippen LogP contribution in [0.2, 0.25) is 1.41 Å². The number of nitrogens with one attached hydrogen (secondary N) is 1. The minimum absolute atomic E-state index is 0.602. The first-order valence-corrected chi connectivity index (χ1v) is 2.77. The summed E-state index contributed by atoms with van der Waals surface area (Å²) in [7, 11) is 0. The van der Waals surface area contributed by atoms with Crippen molar-refractivity contribution in [1.82, 2.24) is 5.31 Å². The second kappa shape index (κ2) is 4.14. The Hall–Kier alpha value is -0.820. The SMILES string of the molecule is [2H]c1cc(C([2H])([2H])C([2H])(N([2H])C([2H])([2H])[2H])C([2H])([2H])[2H])c([2H])c([2H])c1[2H]. The van der Waals surface area contributed by atoms with Gasteiger partial charge in [-0.15, -0.1) is 0 Å². The summed E-state index contributed by atoms with van der Waals surface area (Å²) in [4.78, 5) is 0. The summed E-state index contributed by atoms with van der Waals surface area (Å²) in [6, 6.07) is -6.30. The third-order valence-corrected chi connectivity index (χ3v) is 0.913. The van der Waals surface area contributed by atoms with Crippen molar-refractivity contribution < 1.29 is 19.2 Å². The van der Waals surface area contributed by atoms with E-state index in [1.165, 1.54) is 0 Å². The minimum Gasteiger partial charge on any atom is -0.317 e. The predicted octanol–water partition coefficient (Wildman–Crippen LogP) is 1.84. The Morgan fingerprint density at radius 1 is 1.91 bits per heavy atom. The molecule has 0 spiro atoms. The van der Waals surface area contributed by atoms with Crippen molar-refractivity contribution in [3.63, 3.8) is 0 Å². The number of hydrogen-bond donors (Lipinski definition) is 1. The van der Waals surface area contributed by atoms with E-state index >= 15 is 0 Å². The fourth-order valence-corrected chi connectivity index (χ4v) is 0.502. The van der Waals surface area contributed by atoms with Gasteiger partial charge in [0.2, 0.25) is 0 Å². The fraction of sp³-hybridized carbons (Fsp3) is 0.400. The predicted molar refractivity (Wildman–Crippen MR) is 48.7 cm³/mol. The zero-order valence-electron chi connectivity index (χ0n) is 19.5. The molecule has 1 atom stereocenters. The lowest BCUT2D eigenvalue weighted by Crippen LogP contribution is -2.23. The monoisotopic (exact) mass is 163 g/mol. The smallest absolute Gasteiger partial charge is 0.122 e. The average molecular weight is 163 g/mol. The number of likely N-dealkylation sites (N-methyl/N-ethyl adjacent to an activating group) is 1. The largest absolute Gasteiger partial charge is 0.317 e. The lowest BCUT2D eigenvalue weighted by Gasteiger charge is -2.08. The van der Waals surface area contributed by atoms with E-state index in [0.717, 1.165) is 0 Å². The molecule has 1 rings (SSSR count). The van der Waals surface area contributed by atoms with Gasteiger partial charge in [-0.1, -0.05) is 30.2 Å². The highest BCUT2D eigenvalue weighted by molar-refractivity contribution is 5.15. The van der Waals surface area contributed by atoms with Gasteiger partial charge in [0.05, 0.1) is 5.48 Å². The average Bonchev–Trinajstić information content (AvgIpc) is 2.44. The van der Waals surface area contributed by atoms with Crippen molar-refractivity contribution in [2.45, 2.75) is 19.2 Å². The molecule has 0 saturated carbocycles. The van der Waals surface area contributed by atoms with Crippen molar-refractivity contribution in [3.05, 3.63) is 35.8 Å². The highest BCUT2D eigenvalue weighted by Gasteiger charge is 1.97. The van der Waals surface area contributed by atoms with Crippen molar-refractivity contribution >= 4 is 0 Å². The van der Waals surface area contributed by atoms with Crippen LogP contribution < -0.4 is 5.31 Å². The van der Waals surface area contributed by atoms with Gasteiger partial charge in [-0.2, -0.15) is 0 Å². The Balaban J connectivity index is 3.83. The number of hydrogen-bond acceptors (Lipinski definition) is 1. The molecule has 1 unspecified atom stereocenters. The molecule has 0 bridgehead atoms. The van der Waals surface area contributed by atoms with E-state index in [2.05, 4.69) is 0 Å². The molecule has 1 heteroatoms. The van der Waals surface area contributed by atoms with Gasteiger partial charge in [-0.3, -0.25) is 0 Å². The van der Waals surface area contributed by atoms with Gasteiger partial charge in [0.25, 0.3) is 0 Å². The van der Waals surface area contributed by atoms with E-state index in [1.54, 1.807) is 0 Å². The third kappa shape index (κ3) is 2.72. The molecule has 1 nitrogen and oxygen atoms in total. The second-order valence-electron chi connectivity index (χ2n) is 1.66. The molecule has 0 aromatic heterocycles. The van der Waals surface area contributed by atoms with Gasteiger partial charge in [0, 0.05) is 18.4 Å². The van der Waals surface area contributed by atoms with E-state index in [0.29, 0.717) is 6.07 Å². The van der Waals surface area contributed by atoms with Gasteiger partial charge < -0.3 is 5.31 Å². The van der Waals surface area contributed by atoms with Crippen LogP contribution >= 0.6 is 0 Å². The molecule has 11 heavy (non-hydrogen) atoms. The standard InChI is InChI=1S/C10H15N/c1-9(11-2)8-10-6-4-3-5-7-10/h3-7,9,11H,8H2,1-2H3/i1D3,2D3,3D,4D,5D,6D,8D2,9D/hD. The van der Waals surface area contributed by atoms with Gasteiger partial charge in [-0.05, 0) is 25.8 Å². The Bertz CT molecular complexity index is 661. The summed E-state index contributed by atoms with van der Waals surface area (Å²) in [5.41, 5.74) is -0.925. The maximum Gasteiger partial charge on any atom is 0.122 e. The van der Waals surface area contributed by atoms with E-state index < -0.39 is 61.3 Å². The van der Waals surface area contributed by atoms with Gasteiger partial charge in [-0.25, -0.2) is 0 Å². The third-order valence-electron chi connectivity index (χ3n) is 0.913. The van der Waals surface area contributed by atoms with Crippen LogP contribution in [0.5, 0.6) is 0 Å². The Morgan fingerprint density at radius 2 is 2.91 bits per heavy atom. The van der Waals surface area contributed by atoms with E-state index in [9.17, 15) is 0 Å². The molecule has 60 valence electrons. The lowest BCUT2D eigenvalue weighted by atomic mass is 10.1.